The predicted octanol–water partition coefficient (Wildman–Crippen LogP) is 3.99. The summed E-state index contributed by atoms with van der Waals surface area (Å²) in [6, 6.07) is 6.18. The highest BCUT2D eigenvalue weighted by Crippen LogP contribution is 2.26. The lowest BCUT2D eigenvalue weighted by Crippen LogP contribution is -2.24. The quantitative estimate of drug-likeness (QED) is 0.821. The molecule has 1 rings (SSSR count). The number of benzene rings is 1. The first-order chi connectivity index (χ1) is 8.96. The van der Waals surface area contributed by atoms with Crippen molar-refractivity contribution < 1.29 is 17.9 Å². The second-order valence-electron chi connectivity index (χ2n) is 4.08. The fraction of sp³-hybridized carbons (Fsp3) is 0.538. The lowest BCUT2D eigenvalue weighted by molar-refractivity contribution is -0.274. The van der Waals surface area contributed by atoms with E-state index in [1.165, 1.54) is 12.1 Å². The molecule has 6 heteroatoms. The highest BCUT2D eigenvalue weighted by atomic mass is 32.2. The molecule has 0 amide bonds. The van der Waals surface area contributed by atoms with Gasteiger partial charge in [-0.25, -0.2) is 0 Å². The van der Waals surface area contributed by atoms with Crippen LogP contribution in [-0.2, 0) is 0 Å². The normalized spacial score (nSPS) is 13.3. The Balaban J connectivity index is 2.81. The number of alkyl halides is 3. The number of hydrogen-bond donors (Lipinski definition) is 1. The smallest absolute Gasteiger partial charge is 0.406 e. The molecule has 1 aromatic carbocycles. The summed E-state index contributed by atoms with van der Waals surface area (Å²) in [5.41, 5.74) is 0.810. The summed E-state index contributed by atoms with van der Waals surface area (Å²) in [5, 5.41) is 3.32. The number of hydrogen-bond acceptors (Lipinski definition) is 3. The maximum atomic E-state index is 12.2. The molecular weight excluding hydrogens is 275 g/mol. The third-order valence-electron chi connectivity index (χ3n) is 2.47. The number of nitrogens with one attached hydrogen (secondary N) is 1. The molecule has 0 spiro atoms. The first-order valence-corrected chi connectivity index (χ1v) is 7.43. The van der Waals surface area contributed by atoms with Crippen LogP contribution in [0.25, 0.3) is 0 Å². The second-order valence-corrected chi connectivity index (χ2v) is 4.99. The van der Waals surface area contributed by atoms with E-state index >= 15 is 0 Å². The Morgan fingerprint density at radius 3 is 2.68 bits per heavy atom. The van der Waals surface area contributed by atoms with Gasteiger partial charge in [-0.2, -0.15) is 11.8 Å². The highest BCUT2D eigenvalue weighted by Gasteiger charge is 2.31. The van der Waals surface area contributed by atoms with Crippen LogP contribution in [0.5, 0.6) is 5.75 Å². The molecule has 0 aromatic heterocycles. The summed E-state index contributed by atoms with van der Waals surface area (Å²) in [7, 11) is 0. The van der Waals surface area contributed by atoms with Crippen molar-refractivity contribution in [3.05, 3.63) is 29.8 Å². The van der Waals surface area contributed by atoms with Crippen molar-refractivity contribution in [2.75, 3.05) is 18.6 Å². The molecule has 0 heterocycles. The number of ether oxygens (including phenoxy) is 1. The Hall–Kier alpha value is -0.880. The standard InChI is InChI=1S/C13H18F3NOS/c1-3-7-17-12(9-19-2)10-5-4-6-11(8-10)18-13(14,15)16/h4-6,8,12,17H,3,7,9H2,1-2H3. The zero-order chi connectivity index (χ0) is 14.3. The third kappa shape index (κ3) is 6.20. The van der Waals surface area contributed by atoms with Crippen LogP contribution in [-0.4, -0.2) is 24.9 Å². The Labute approximate surface area is 115 Å². The van der Waals surface area contributed by atoms with E-state index in [4.69, 9.17) is 0 Å². The third-order valence-corrected chi connectivity index (χ3v) is 3.13. The van der Waals surface area contributed by atoms with Crippen molar-refractivity contribution in [2.24, 2.45) is 0 Å². The van der Waals surface area contributed by atoms with Crippen molar-refractivity contribution in [1.29, 1.82) is 0 Å². The van der Waals surface area contributed by atoms with E-state index in [1.807, 2.05) is 19.2 Å². The highest BCUT2D eigenvalue weighted by molar-refractivity contribution is 7.98. The molecule has 1 N–H and O–H groups in total. The maximum Gasteiger partial charge on any atom is 0.573 e. The van der Waals surface area contributed by atoms with Crippen LogP contribution in [0.4, 0.5) is 13.2 Å². The summed E-state index contributed by atoms with van der Waals surface area (Å²) < 4.78 is 40.5. The van der Waals surface area contributed by atoms with E-state index < -0.39 is 6.36 Å². The Morgan fingerprint density at radius 2 is 2.11 bits per heavy atom. The van der Waals surface area contributed by atoms with Crippen molar-refractivity contribution in [3.8, 4) is 5.75 Å². The van der Waals surface area contributed by atoms with Crippen LogP contribution in [0.1, 0.15) is 24.9 Å². The number of halogens is 3. The summed E-state index contributed by atoms with van der Waals surface area (Å²) in [6.45, 7) is 2.88. The molecule has 0 fully saturated rings. The van der Waals surface area contributed by atoms with Crippen molar-refractivity contribution >= 4 is 11.8 Å². The van der Waals surface area contributed by atoms with Crippen molar-refractivity contribution in [2.45, 2.75) is 25.7 Å². The summed E-state index contributed by atoms with van der Waals surface area (Å²) in [5.74, 6) is 0.629. The van der Waals surface area contributed by atoms with Crippen LogP contribution < -0.4 is 10.1 Å². The topological polar surface area (TPSA) is 21.3 Å². The molecule has 1 aromatic rings. The van der Waals surface area contributed by atoms with Crippen molar-refractivity contribution in [3.63, 3.8) is 0 Å². The molecule has 0 saturated carbocycles. The Bertz CT molecular complexity index is 384. The average molecular weight is 293 g/mol. The fourth-order valence-corrected chi connectivity index (χ4v) is 2.33. The van der Waals surface area contributed by atoms with Gasteiger partial charge in [0.25, 0.3) is 0 Å². The van der Waals surface area contributed by atoms with Crippen molar-refractivity contribution in [1.82, 2.24) is 5.32 Å². The van der Waals surface area contributed by atoms with E-state index in [9.17, 15) is 13.2 Å². The van der Waals surface area contributed by atoms with Gasteiger partial charge in [-0.1, -0.05) is 19.1 Å². The molecule has 19 heavy (non-hydrogen) atoms. The Morgan fingerprint density at radius 1 is 1.37 bits per heavy atom. The summed E-state index contributed by atoms with van der Waals surface area (Å²) in [6.07, 6.45) is -1.70. The van der Waals surface area contributed by atoms with Crippen LogP contribution in [0.15, 0.2) is 24.3 Å². The minimum atomic E-state index is -4.65. The first kappa shape index (κ1) is 16.2. The van der Waals surface area contributed by atoms with Crippen LogP contribution in [0.3, 0.4) is 0 Å². The molecule has 0 aliphatic rings. The molecular formula is C13H18F3NOS. The molecule has 1 atom stereocenters. The number of thioether (sulfide) groups is 1. The van der Waals surface area contributed by atoms with E-state index in [0.717, 1.165) is 24.3 Å². The zero-order valence-electron chi connectivity index (χ0n) is 11.0. The minimum absolute atomic E-state index is 0.0340. The predicted molar refractivity (Wildman–Crippen MR) is 72.5 cm³/mol. The molecule has 2 nitrogen and oxygen atoms in total. The molecule has 0 radical (unpaired) electrons. The van der Waals surface area contributed by atoms with Gasteiger partial charge in [0.05, 0.1) is 0 Å². The van der Waals surface area contributed by atoms with Gasteiger partial charge in [0.15, 0.2) is 0 Å². The molecule has 0 aliphatic carbocycles. The van der Waals surface area contributed by atoms with Gasteiger partial charge >= 0.3 is 6.36 Å². The monoisotopic (exact) mass is 293 g/mol. The van der Waals surface area contributed by atoms with Gasteiger partial charge in [-0.05, 0) is 36.9 Å². The second kappa shape index (κ2) is 7.65. The molecule has 108 valence electrons. The lowest BCUT2D eigenvalue weighted by Gasteiger charge is -2.19. The van der Waals surface area contributed by atoms with E-state index in [1.54, 1.807) is 17.8 Å². The zero-order valence-corrected chi connectivity index (χ0v) is 11.8. The largest absolute Gasteiger partial charge is 0.573 e. The molecule has 1 unspecified atom stereocenters. The Kier molecular flexibility index (Phi) is 6.51. The van der Waals surface area contributed by atoms with Gasteiger partial charge in [0.1, 0.15) is 5.75 Å². The maximum absolute atomic E-state index is 12.2. The SMILES string of the molecule is CCCNC(CSC)c1cccc(OC(F)(F)F)c1. The molecule has 0 bridgehead atoms. The number of rotatable bonds is 7. The molecule has 0 saturated heterocycles. The first-order valence-electron chi connectivity index (χ1n) is 6.04. The van der Waals surface area contributed by atoms with Crippen LogP contribution in [0, 0.1) is 0 Å². The van der Waals surface area contributed by atoms with Gasteiger partial charge in [0, 0.05) is 11.8 Å². The lowest BCUT2D eigenvalue weighted by atomic mass is 10.1. The van der Waals surface area contributed by atoms with Gasteiger partial charge in [0.2, 0.25) is 0 Å². The van der Waals surface area contributed by atoms with Crippen LogP contribution >= 0.6 is 11.8 Å². The van der Waals surface area contributed by atoms with Gasteiger partial charge in [-0.15, -0.1) is 13.2 Å². The minimum Gasteiger partial charge on any atom is -0.406 e. The van der Waals surface area contributed by atoms with Crippen LogP contribution in [0.2, 0.25) is 0 Å². The summed E-state index contributed by atoms with van der Waals surface area (Å²) >= 11 is 1.65. The average Bonchev–Trinajstić information content (AvgIpc) is 2.32. The van der Waals surface area contributed by atoms with Gasteiger partial charge < -0.3 is 10.1 Å². The fourth-order valence-electron chi connectivity index (χ4n) is 1.69. The van der Waals surface area contributed by atoms with E-state index in [2.05, 4.69) is 10.1 Å². The van der Waals surface area contributed by atoms with E-state index in [-0.39, 0.29) is 11.8 Å². The summed E-state index contributed by atoms with van der Waals surface area (Å²) in [4.78, 5) is 0. The molecule has 0 aliphatic heterocycles. The van der Waals surface area contributed by atoms with E-state index in [0.29, 0.717) is 0 Å². The van der Waals surface area contributed by atoms with Gasteiger partial charge in [-0.3, -0.25) is 0 Å².